The summed E-state index contributed by atoms with van der Waals surface area (Å²) in [6.07, 6.45) is 0. The van der Waals surface area contributed by atoms with Crippen LogP contribution in [0.1, 0.15) is 0 Å². The van der Waals surface area contributed by atoms with Crippen LogP contribution in [0.5, 0.6) is 0 Å². The van der Waals surface area contributed by atoms with Gasteiger partial charge in [-0.25, -0.2) is 0 Å². The highest BCUT2D eigenvalue weighted by atomic mass is 32.2. The van der Waals surface area contributed by atoms with Crippen molar-refractivity contribution in [2.24, 2.45) is 30.7 Å². The van der Waals surface area contributed by atoms with Crippen molar-refractivity contribution < 1.29 is 25.9 Å². The van der Waals surface area contributed by atoms with Crippen LogP contribution in [0.3, 0.4) is 0 Å². The van der Waals surface area contributed by atoms with Crippen LogP contribution in [0.15, 0.2) is 131 Å². The van der Waals surface area contributed by atoms with Gasteiger partial charge in [-0.05, 0) is 60.7 Å². The minimum absolute atomic E-state index is 0.0583. The lowest BCUT2D eigenvalue weighted by Gasteiger charge is -2.09. The van der Waals surface area contributed by atoms with Crippen LogP contribution in [-0.2, 0) is 20.2 Å². The minimum atomic E-state index is -4.55. The zero-order valence-corrected chi connectivity index (χ0v) is 24.6. The number of anilines is 3. The van der Waals surface area contributed by atoms with Crippen LogP contribution in [0.25, 0.3) is 10.8 Å². The van der Waals surface area contributed by atoms with Gasteiger partial charge >= 0.3 is 0 Å². The highest BCUT2D eigenvalue weighted by molar-refractivity contribution is 7.86. The van der Waals surface area contributed by atoms with E-state index in [2.05, 4.69) is 30.7 Å². The first kappa shape index (κ1) is 30.8. The van der Waals surface area contributed by atoms with Gasteiger partial charge in [0, 0.05) is 10.8 Å². The standard InChI is InChI=1S/C28H23N9O6S2/c29-22-13-23(30)25(36-34-18-4-3-5-19(12-18)44(38,39)40)14-24(22)35-32-16-8-10-17(11-9-16)33-37-26-15-27(45(41,42)43)20-6-1-2-7-21(20)28(26)31/h1-15H,29-31H2,(H,38,39,40)(H,41,42,43). The molecule has 0 fully saturated rings. The Balaban J connectivity index is 1.35. The van der Waals surface area contributed by atoms with E-state index >= 15 is 0 Å². The predicted molar refractivity (Wildman–Crippen MR) is 169 cm³/mol. The first-order valence-electron chi connectivity index (χ1n) is 12.7. The SMILES string of the molecule is Nc1cc(N)c(N=Nc2cccc(S(=O)(=O)O)c2)cc1N=Nc1ccc(N=Nc2cc(S(=O)(=O)O)c3ccccc3c2N)cc1. The summed E-state index contributed by atoms with van der Waals surface area (Å²) in [5.74, 6) is 0. The molecule has 5 aromatic carbocycles. The molecule has 0 saturated carbocycles. The number of benzene rings is 5. The molecular weight excluding hydrogens is 622 g/mol. The molecule has 15 nitrogen and oxygen atoms in total. The molecule has 0 saturated heterocycles. The Morgan fingerprint density at radius 1 is 0.489 bits per heavy atom. The lowest BCUT2D eigenvalue weighted by molar-refractivity contribution is 0.481. The number of azo groups is 3. The van der Waals surface area contributed by atoms with Gasteiger partial charge in [-0.1, -0.05) is 30.3 Å². The van der Waals surface area contributed by atoms with Crippen molar-refractivity contribution in [1.29, 1.82) is 0 Å². The van der Waals surface area contributed by atoms with Crippen molar-refractivity contribution in [2.45, 2.75) is 9.79 Å². The molecule has 17 heteroatoms. The summed E-state index contributed by atoms with van der Waals surface area (Å²) in [6.45, 7) is 0. The molecule has 0 unspecified atom stereocenters. The number of hydrogen-bond acceptors (Lipinski definition) is 13. The van der Waals surface area contributed by atoms with Crippen LogP contribution in [0.2, 0.25) is 0 Å². The van der Waals surface area contributed by atoms with Gasteiger partial charge in [0.15, 0.2) is 0 Å². The number of rotatable bonds is 8. The summed E-state index contributed by atoms with van der Waals surface area (Å²) >= 11 is 0. The number of nitrogen functional groups attached to an aromatic ring is 3. The maximum Gasteiger partial charge on any atom is 0.295 e. The molecule has 0 amide bonds. The maximum atomic E-state index is 11.9. The number of nitrogens with two attached hydrogens (primary N) is 3. The monoisotopic (exact) mass is 645 g/mol. The summed E-state index contributed by atoms with van der Waals surface area (Å²) in [5, 5.41) is 25.2. The first-order valence-corrected chi connectivity index (χ1v) is 15.6. The van der Waals surface area contributed by atoms with Crippen molar-refractivity contribution in [2.75, 3.05) is 17.2 Å². The molecular formula is C28H23N9O6S2. The van der Waals surface area contributed by atoms with E-state index < -0.39 is 20.2 Å². The maximum absolute atomic E-state index is 11.9. The van der Waals surface area contributed by atoms with Crippen molar-refractivity contribution in [3.63, 3.8) is 0 Å². The Morgan fingerprint density at radius 3 is 1.58 bits per heavy atom. The minimum Gasteiger partial charge on any atom is -0.397 e. The molecule has 0 radical (unpaired) electrons. The van der Waals surface area contributed by atoms with Gasteiger partial charge in [-0.3, -0.25) is 9.11 Å². The number of nitrogens with zero attached hydrogens (tertiary/aromatic N) is 6. The van der Waals surface area contributed by atoms with Crippen LogP contribution < -0.4 is 17.2 Å². The smallest absolute Gasteiger partial charge is 0.295 e. The predicted octanol–water partition coefficient (Wildman–Crippen LogP) is 7.33. The van der Waals surface area contributed by atoms with Crippen LogP contribution in [-0.4, -0.2) is 25.9 Å². The summed E-state index contributed by atoms with van der Waals surface area (Å²) in [4.78, 5) is -0.676. The molecule has 0 aliphatic heterocycles. The molecule has 45 heavy (non-hydrogen) atoms. The Morgan fingerprint density at radius 2 is 1.02 bits per heavy atom. The average Bonchev–Trinajstić information content (AvgIpc) is 2.99. The third-order valence-corrected chi connectivity index (χ3v) is 8.01. The Labute approximate surface area is 256 Å². The summed E-state index contributed by atoms with van der Waals surface area (Å²) < 4.78 is 65.6. The fourth-order valence-electron chi connectivity index (χ4n) is 4.06. The van der Waals surface area contributed by atoms with Gasteiger partial charge in [-0.15, -0.1) is 15.3 Å². The first-order chi connectivity index (χ1) is 21.3. The second kappa shape index (κ2) is 12.2. The molecule has 0 aliphatic rings. The third kappa shape index (κ3) is 7.13. The van der Waals surface area contributed by atoms with Crippen molar-refractivity contribution in [3.05, 3.63) is 91.0 Å². The fraction of sp³-hybridized carbons (Fsp3) is 0. The van der Waals surface area contributed by atoms with E-state index in [0.29, 0.717) is 16.8 Å². The van der Waals surface area contributed by atoms with Crippen LogP contribution in [0.4, 0.5) is 51.2 Å². The van der Waals surface area contributed by atoms with Crippen LogP contribution in [0, 0.1) is 0 Å². The van der Waals surface area contributed by atoms with Gasteiger partial charge in [0.2, 0.25) is 0 Å². The second-order valence-corrected chi connectivity index (χ2v) is 12.2. The Bertz CT molecular complexity index is 2260. The summed E-state index contributed by atoms with van der Waals surface area (Å²) in [6, 6.07) is 22.1. The summed E-state index contributed by atoms with van der Waals surface area (Å²) in [7, 11) is -8.96. The van der Waals surface area contributed by atoms with E-state index in [-0.39, 0.29) is 55.0 Å². The van der Waals surface area contributed by atoms with E-state index in [1.165, 1.54) is 36.4 Å². The normalized spacial score (nSPS) is 12.6. The Kier molecular flexibility index (Phi) is 8.34. The van der Waals surface area contributed by atoms with Gasteiger partial charge < -0.3 is 17.2 Å². The second-order valence-electron chi connectivity index (χ2n) is 9.39. The largest absolute Gasteiger partial charge is 0.397 e. The summed E-state index contributed by atoms with van der Waals surface area (Å²) in [5.41, 5.74) is 20.3. The Hall–Kier alpha value is -5.62. The number of fused-ring (bicyclic) bond motifs is 1. The molecule has 5 aromatic rings. The molecule has 8 N–H and O–H groups in total. The molecule has 0 atom stereocenters. The van der Waals surface area contributed by atoms with E-state index in [1.807, 2.05) is 0 Å². The fourth-order valence-corrected chi connectivity index (χ4v) is 5.30. The van der Waals surface area contributed by atoms with E-state index in [9.17, 15) is 25.9 Å². The quantitative estimate of drug-likeness (QED) is 0.0641. The van der Waals surface area contributed by atoms with E-state index in [4.69, 9.17) is 17.2 Å². The lowest BCUT2D eigenvalue weighted by Crippen LogP contribution is -2.01. The molecule has 0 spiro atoms. The van der Waals surface area contributed by atoms with E-state index in [1.54, 1.807) is 42.5 Å². The molecule has 5 rings (SSSR count). The zero-order chi connectivity index (χ0) is 32.4. The van der Waals surface area contributed by atoms with Crippen LogP contribution >= 0.6 is 0 Å². The molecule has 228 valence electrons. The van der Waals surface area contributed by atoms with Gasteiger partial charge in [0.1, 0.15) is 22.0 Å². The number of hydrogen-bond donors (Lipinski definition) is 5. The molecule has 0 heterocycles. The molecule has 0 bridgehead atoms. The van der Waals surface area contributed by atoms with Gasteiger partial charge in [0.05, 0.1) is 39.0 Å². The highest BCUT2D eigenvalue weighted by Crippen LogP contribution is 2.38. The zero-order valence-electron chi connectivity index (χ0n) is 22.9. The van der Waals surface area contributed by atoms with Crippen molar-refractivity contribution in [1.82, 2.24) is 0 Å². The lowest BCUT2D eigenvalue weighted by atomic mass is 10.1. The van der Waals surface area contributed by atoms with Crippen molar-refractivity contribution in [3.8, 4) is 0 Å². The van der Waals surface area contributed by atoms with Crippen molar-refractivity contribution >= 4 is 82.2 Å². The third-order valence-electron chi connectivity index (χ3n) is 6.27. The molecule has 0 aromatic heterocycles. The van der Waals surface area contributed by atoms with Gasteiger partial charge in [0.25, 0.3) is 20.2 Å². The molecule has 0 aliphatic carbocycles. The topological polar surface area (TPSA) is 261 Å². The average molecular weight is 646 g/mol. The van der Waals surface area contributed by atoms with E-state index in [0.717, 1.165) is 12.1 Å². The van der Waals surface area contributed by atoms with Gasteiger partial charge in [-0.2, -0.15) is 32.2 Å². The highest BCUT2D eigenvalue weighted by Gasteiger charge is 2.18.